The van der Waals surface area contributed by atoms with Crippen LogP contribution in [0.25, 0.3) is 5.69 Å². The minimum atomic E-state index is 0.727. The Morgan fingerprint density at radius 2 is 2.22 bits per heavy atom. The number of ether oxygens (including phenoxy) is 1. The third-order valence-corrected chi connectivity index (χ3v) is 2.68. The maximum absolute atomic E-state index is 5.34. The van der Waals surface area contributed by atoms with Crippen LogP contribution in [0.1, 0.15) is 18.2 Å². The van der Waals surface area contributed by atoms with Crippen molar-refractivity contribution in [3.63, 3.8) is 0 Å². The molecule has 0 aliphatic heterocycles. The fourth-order valence-corrected chi connectivity index (χ4v) is 1.73. The largest absolute Gasteiger partial charge is 0.494 e. The summed E-state index contributed by atoms with van der Waals surface area (Å²) in [7, 11) is 1.66. The molecule has 1 N–H and O–H groups in total. The number of nitrogens with zero attached hydrogens (tertiary/aromatic N) is 3. The standard InChI is InChI=1S/C13H18N4O/c1-4-14-8-11-9-17(16-15-11)12-7-10(2)5-6-13(12)18-3/h5-7,9,14H,4,8H2,1-3H3. The maximum atomic E-state index is 5.34. The molecular weight excluding hydrogens is 228 g/mol. The van der Waals surface area contributed by atoms with Gasteiger partial charge in [0, 0.05) is 6.54 Å². The molecule has 2 aromatic rings. The summed E-state index contributed by atoms with van der Waals surface area (Å²) in [6.45, 7) is 5.75. The van der Waals surface area contributed by atoms with Crippen molar-refractivity contribution in [1.29, 1.82) is 0 Å². The lowest BCUT2D eigenvalue weighted by Gasteiger charge is -2.08. The third-order valence-electron chi connectivity index (χ3n) is 2.68. The van der Waals surface area contributed by atoms with Crippen molar-refractivity contribution in [2.75, 3.05) is 13.7 Å². The first-order chi connectivity index (χ1) is 8.74. The first-order valence-corrected chi connectivity index (χ1v) is 6.01. The van der Waals surface area contributed by atoms with Gasteiger partial charge in [0.2, 0.25) is 0 Å². The minimum Gasteiger partial charge on any atom is -0.494 e. The SMILES string of the molecule is CCNCc1cn(-c2cc(C)ccc2OC)nn1. The van der Waals surface area contributed by atoms with Gasteiger partial charge in [0.1, 0.15) is 11.4 Å². The minimum absolute atomic E-state index is 0.727. The van der Waals surface area contributed by atoms with Crippen LogP contribution in [0.2, 0.25) is 0 Å². The number of hydrogen-bond donors (Lipinski definition) is 1. The van der Waals surface area contributed by atoms with Crippen LogP contribution in [0.15, 0.2) is 24.4 Å². The molecule has 1 aromatic carbocycles. The van der Waals surface area contributed by atoms with Crippen LogP contribution in [0.3, 0.4) is 0 Å². The van der Waals surface area contributed by atoms with E-state index in [0.717, 1.165) is 35.8 Å². The Hall–Kier alpha value is -1.88. The Morgan fingerprint density at radius 3 is 2.94 bits per heavy atom. The molecule has 0 spiro atoms. The third kappa shape index (κ3) is 2.68. The number of aryl methyl sites for hydroxylation is 1. The molecule has 96 valence electrons. The van der Waals surface area contributed by atoms with Crippen molar-refractivity contribution >= 4 is 0 Å². The molecule has 0 aliphatic rings. The fraction of sp³-hybridized carbons (Fsp3) is 0.385. The molecule has 0 radical (unpaired) electrons. The van der Waals surface area contributed by atoms with E-state index in [1.165, 1.54) is 0 Å². The van der Waals surface area contributed by atoms with Gasteiger partial charge in [0.15, 0.2) is 0 Å². The molecule has 5 heteroatoms. The van der Waals surface area contributed by atoms with E-state index in [1.54, 1.807) is 11.8 Å². The van der Waals surface area contributed by atoms with Gasteiger partial charge in [-0.1, -0.05) is 18.2 Å². The highest BCUT2D eigenvalue weighted by atomic mass is 16.5. The van der Waals surface area contributed by atoms with Crippen molar-refractivity contribution in [1.82, 2.24) is 20.3 Å². The zero-order valence-electron chi connectivity index (χ0n) is 11.0. The van der Waals surface area contributed by atoms with E-state index in [2.05, 4.69) is 22.6 Å². The van der Waals surface area contributed by atoms with Crippen LogP contribution in [0, 0.1) is 6.92 Å². The molecule has 1 heterocycles. The predicted molar refractivity (Wildman–Crippen MR) is 70.0 cm³/mol. The van der Waals surface area contributed by atoms with Gasteiger partial charge in [-0.25, -0.2) is 4.68 Å². The van der Waals surface area contributed by atoms with Crippen LogP contribution in [0.4, 0.5) is 0 Å². The lowest BCUT2D eigenvalue weighted by molar-refractivity contribution is 0.411. The molecule has 2 rings (SSSR count). The molecule has 0 atom stereocenters. The van der Waals surface area contributed by atoms with Crippen LogP contribution < -0.4 is 10.1 Å². The van der Waals surface area contributed by atoms with Crippen LogP contribution >= 0.6 is 0 Å². The Bertz CT molecular complexity index is 521. The van der Waals surface area contributed by atoms with E-state index >= 15 is 0 Å². The fourth-order valence-electron chi connectivity index (χ4n) is 1.73. The van der Waals surface area contributed by atoms with Crippen molar-refractivity contribution in [3.05, 3.63) is 35.7 Å². The average molecular weight is 246 g/mol. The van der Waals surface area contributed by atoms with Crippen molar-refractivity contribution < 1.29 is 4.74 Å². The number of aromatic nitrogens is 3. The topological polar surface area (TPSA) is 52.0 Å². The van der Waals surface area contributed by atoms with Crippen molar-refractivity contribution in [2.24, 2.45) is 0 Å². The summed E-state index contributed by atoms with van der Waals surface area (Å²) in [6.07, 6.45) is 1.92. The predicted octanol–water partition coefficient (Wildman–Crippen LogP) is 1.69. The van der Waals surface area contributed by atoms with Crippen LogP contribution in [-0.4, -0.2) is 28.6 Å². The molecule has 0 unspecified atom stereocenters. The molecule has 0 amide bonds. The van der Waals surface area contributed by atoms with Crippen LogP contribution in [0.5, 0.6) is 5.75 Å². The normalized spacial score (nSPS) is 10.6. The number of hydrogen-bond acceptors (Lipinski definition) is 4. The lowest BCUT2D eigenvalue weighted by atomic mass is 10.2. The number of benzene rings is 1. The molecular formula is C13H18N4O. The molecule has 0 saturated carbocycles. The van der Waals surface area contributed by atoms with Gasteiger partial charge in [-0.05, 0) is 31.2 Å². The second kappa shape index (κ2) is 5.64. The van der Waals surface area contributed by atoms with Gasteiger partial charge in [-0.3, -0.25) is 0 Å². The van der Waals surface area contributed by atoms with Gasteiger partial charge in [-0.2, -0.15) is 0 Å². The molecule has 1 aromatic heterocycles. The summed E-state index contributed by atoms with van der Waals surface area (Å²) in [6, 6.07) is 5.99. The number of methoxy groups -OCH3 is 1. The quantitative estimate of drug-likeness (QED) is 0.872. The van der Waals surface area contributed by atoms with E-state index in [9.17, 15) is 0 Å². The number of rotatable bonds is 5. The zero-order valence-corrected chi connectivity index (χ0v) is 11.0. The molecule has 0 fully saturated rings. The summed E-state index contributed by atoms with van der Waals surface area (Å²) in [5.74, 6) is 0.792. The second-order valence-electron chi connectivity index (χ2n) is 4.11. The molecule has 0 aliphatic carbocycles. The van der Waals surface area contributed by atoms with E-state index in [-0.39, 0.29) is 0 Å². The number of nitrogens with one attached hydrogen (secondary N) is 1. The highest BCUT2D eigenvalue weighted by Crippen LogP contribution is 2.23. The highest BCUT2D eigenvalue weighted by molar-refractivity contribution is 5.48. The molecule has 0 saturated heterocycles. The van der Waals surface area contributed by atoms with E-state index in [1.807, 2.05) is 31.3 Å². The molecule has 5 nitrogen and oxygen atoms in total. The smallest absolute Gasteiger partial charge is 0.144 e. The summed E-state index contributed by atoms with van der Waals surface area (Å²) in [5, 5.41) is 11.5. The van der Waals surface area contributed by atoms with Crippen LogP contribution in [-0.2, 0) is 6.54 Å². The summed E-state index contributed by atoms with van der Waals surface area (Å²) in [5.41, 5.74) is 2.99. The van der Waals surface area contributed by atoms with Crippen molar-refractivity contribution in [2.45, 2.75) is 20.4 Å². The monoisotopic (exact) mass is 246 g/mol. The Labute approximate surface area is 107 Å². The van der Waals surface area contributed by atoms with Gasteiger partial charge >= 0.3 is 0 Å². The van der Waals surface area contributed by atoms with Gasteiger partial charge in [0.25, 0.3) is 0 Å². The van der Waals surface area contributed by atoms with Gasteiger partial charge in [0.05, 0.1) is 19.0 Å². The van der Waals surface area contributed by atoms with E-state index < -0.39 is 0 Å². The Kier molecular flexibility index (Phi) is 3.94. The van der Waals surface area contributed by atoms with E-state index in [4.69, 9.17) is 4.74 Å². The maximum Gasteiger partial charge on any atom is 0.144 e. The highest BCUT2D eigenvalue weighted by Gasteiger charge is 2.08. The second-order valence-corrected chi connectivity index (χ2v) is 4.11. The summed E-state index contributed by atoms with van der Waals surface area (Å²) < 4.78 is 7.09. The van der Waals surface area contributed by atoms with Gasteiger partial charge < -0.3 is 10.1 Å². The van der Waals surface area contributed by atoms with Gasteiger partial charge in [-0.15, -0.1) is 5.10 Å². The Morgan fingerprint density at radius 1 is 1.39 bits per heavy atom. The van der Waals surface area contributed by atoms with Crippen molar-refractivity contribution in [3.8, 4) is 11.4 Å². The zero-order chi connectivity index (χ0) is 13.0. The summed E-state index contributed by atoms with van der Waals surface area (Å²) in [4.78, 5) is 0. The lowest BCUT2D eigenvalue weighted by Crippen LogP contribution is -2.11. The van der Waals surface area contributed by atoms with E-state index in [0.29, 0.717) is 0 Å². The first kappa shape index (κ1) is 12.6. The molecule has 0 bridgehead atoms. The Balaban J connectivity index is 2.30. The summed E-state index contributed by atoms with van der Waals surface area (Å²) >= 11 is 0. The molecule has 18 heavy (non-hydrogen) atoms. The average Bonchev–Trinajstić information content (AvgIpc) is 2.85. The first-order valence-electron chi connectivity index (χ1n) is 6.01.